The monoisotopic (exact) mass is 208 g/mol. The van der Waals surface area contributed by atoms with E-state index in [0.717, 1.165) is 17.4 Å². The summed E-state index contributed by atoms with van der Waals surface area (Å²) in [4.78, 5) is 16.7. The van der Waals surface area contributed by atoms with Crippen molar-refractivity contribution < 1.29 is 4.79 Å². The van der Waals surface area contributed by atoms with Gasteiger partial charge in [0.25, 0.3) is 0 Å². The van der Waals surface area contributed by atoms with Gasteiger partial charge in [-0.15, -0.1) is 0 Å². The Kier molecular flexibility index (Phi) is 2.25. The molecule has 2 rings (SSSR count). The number of likely N-dealkylation sites (N-methyl/N-ethyl adjacent to an activating group) is 1. The van der Waals surface area contributed by atoms with Gasteiger partial charge in [0.05, 0.1) is 5.03 Å². The van der Waals surface area contributed by atoms with Gasteiger partial charge in [0, 0.05) is 31.2 Å². The maximum Gasteiger partial charge on any atom is 0.146 e. The Morgan fingerprint density at radius 2 is 2.43 bits per heavy atom. The second-order valence-corrected chi connectivity index (χ2v) is 3.59. The van der Waals surface area contributed by atoms with Gasteiger partial charge in [-0.3, -0.25) is 4.98 Å². The lowest BCUT2D eigenvalue weighted by atomic mass is 10.00. The molecular weight excluding hydrogens is 200 g/mol. The first-order chi connectivity index (χ1) is 6.74. The van der Waals surface area contributed by atoms with E-state index in [1.165, 1.54) is 0 Å². The van der Waals surface area contributed by atoms with E-state index < -0.39 is 0 Å². The Labute approximate surface area is 87.0 Å². The summed E-state index contributed by atoms with van der Waals surface area (Å²) in [5.74, 6) is 0. The molecule has 1 aromatic rings. The number of aromatic nitrogens is 1. The summed E-state index contributed by atoms with van der Waals surface area (Å²) in [5, 5.41) is 0.619. The minimum absolute atomic E-state index is 0.254. The lowest BCUT2D eigenvalue weighted by Gasteiger charge is -2.28. The standard InChI is InChI=1S/C10H9ClN2O/c1-13-5-9(11)8-4-12-3-2-7(8)10(13)6-14/h2-6,10H,1H3. The van der Waals surface area contributed by atoms with E-state index in [4.69, 9.17) is 11.6 Å². The molecule has 0 amide bonds. The second kappa shape index (κ2) is 3.42. The molecule has 4 heteroatoms. The summed E-state index contributed by atoms with van der Waals surface area (Å²) in [6.07, 6.45) is 5.99. The molecule has 3 nitrogen and oxygen atoms in total. The molecule has 1 aromatic heterocycles. The number of hydrogen-bond acceptors (Lipinski definition) is 3. The fourth-order valence-corrected chi connectivity index (χ4v) is 1.89. The van der Waals surface area contributed by atoms with Crippen molar-refractivity contribution in [2.24, 2.45) is 0 Å². The van der Waals surface area contributed by atoms with Crippen LogP contribution < -0.4 is 0 Å². The number of pyridine rings is 1. The summed E-state index contributed by atoms with van der Waals surface area (Å²) in [5.41, 5.74) is 1.74. The molecule has 1 atom stereocenters. The molecule has 0 N–H and O–H groups in total. The van der Waals surface area contributed by atoms with E-state index in [0.29, 0.717) is 5.03 Å². The third-order valence-electron chi connectivity index (χ3n) is 2.32. The average Bonchev–Trinajstić information content (AvgIpc) is 2.18. The summed E-state index contributed by atoms with van der Waals surface area (Å²) in [6, 6.07) is 1.57. The van der Waals surface area contributed by atoms with E-state index in [2.05, 4.69) is 4.98 Å². The van der Waals surface area contributed by atoms with Crippen molar-refractivity contribution in [3.63, 3.8) is 0 Å². The maximum absolute atomic E-state index is 10.9. The van der Waals surface area contributed by atoms with Crippen molar-refractivity contribution in [1.29, 1.82) is 0 Å². The first-order valence-electron chi connectivity index (χ1n) is 4.23. The lowest BCUT2D eigenvalue weighted by molar-refractivity contribution is -0.111. The molecule has 1 unspecified atom stereocenters. The second-order valence-electron chi connectivity index (χ2n) is 3.19. The highest BCUT2D eigenvalue weighted by molar-refractivity contribution is 6.49. The van der Waals surface area contributed by atoms with Crippen LogP contribution in [0, 0.1) is 0 Å². The average molecular weight is 209 g/mol. The molecule has 0 aromatic carbocycles. The van der Waals surface area contributed by atoms with E-state index in [-0.39, 0.29) is 6.04 Å². The van der Waals surface area contributed by atoms with Crippen LogP contribution in [0.15, 0.2) is 24.7 Å². The van der Waals surface area contributed by atoms with Crippen molar-refractivity contribution >= 4 is 22.9 Å². The van der Waals surface area contributed by atoms with Gasteiger partial charge in [0.1, 0.15) is 12.3 Å². The zero-order valence-electron chi connectivity index (χ0n) is 7.64. The summed E-state index contributed by atoms with van der Waals surface area (Å²) >= 11 is 6.03. The third kappa shape index (κ3) is 1.30. The molecule has 0 fully saturated rings. The van der Waals surface area contributed by atoms with E-state index >= 15 is 0 Å². The van der Waals surface area contributed by atoms with Gasteiger partial charge in [-0.1, -0.05) is 11.6 Å². The van der Waals surface area contributed by atoms with Gasteiger partial charge < -0.3 is 9.69 Å². The van der Waals surface area contributed by atoms with Crippen LogP contribution in [0.2, 0.25) is 0 Å². The van der Waals surface area contributed by atoms with Gasteiger partial charge in [0.15, 0.2) is 0 Å². The topological polar surface area (TPSA) is 33.2 Å². The number of nitrogens with zero attached hydrogens (tertiary/aromatic N) is 2. The number of fused-ring (bicyclic) bond motifs is 1. The van der Waals surface area contributed by atoms with Gasteiger partial charge in [-0.05, 0) is 11.6 Å². The van der Waals surface area contributed by atoms with Crippen molar-refractivity contribution in [3.05, 3.63) is 35.8 Å². The van der Waals surface area contributed by atoms with Gasteiger partial charge in [0.2, 0.25) is 0 Å². The number of rotatable bonds is 1. The summed E-state index contributed by atoms with van der Waals surface area (Å²) < 4.78 is 0. The van der Waals surface area contributed by atoms with E-state index in [9.17, 15) is 4.79 Å². The predicted octanol–water partition coefficient (Wildman–Crippen LogP) is 1.80. The SMILES string of the molecule is CN1C=C(Cl)c2cnccc2C1C=O. The molecule has 0 aliphatic carbocycles. The first kappa shape index (κ1) is 9.21. The number of hydrogen-bond donors (Lipinski definition) is 0. The Morgan fingerprint density at radius 3 is 3.14 bits per heavy atom. The highest BCUT2D eigenvalue weighted by atomic mass is 35.5. The summed E-state index contributed by atoms with van der Waals surface area (Å²) in [7, 11) is 1.82. The van der Waals surface area contributed by atoms with Crippen molar-refractivity contribution in [3.8, 4) is 0 Å². The predicted molar refractivity (Wildman–Crippen MR) is 54.6 cm³/mol. The van der Waals surface area contributed by atoms with Crippen LogP contribution in [-0.2, 0) is 4.79 Å². The molecule has 0 spiro atoms. The van der Waals surface area contributed by atoms with Crippen LogP contribution in [0.5, 0.6) is 0 Å². The Hall–Kier alpha value is -1.35. The van der Waals surface area contributed by atoms with Crippen molar-refractivity contribution in [1.82, 2.24) is 9.88 Å². The van der Waals surface area contributed by atoms with Gasteiger partial charge in [-0.25, -0.2) is 0 Å². The molecule has 1 aliphatic rings. The van der Waals surface area contributed by atoms with Crippen LogP contribution in [0.3, 0.4) is 0 Å². The molecule has 0 radical (unpaired) electrons. The molecule has 1 aliphatic heterocycles. The quantitative estimate of drug-likeness (QED) is 0.660. The van der Waals surface area contributed by atoms with Crippen LogP contribution in [0.1, 0.15) is 17.2 Å². The van der Waals surface area contributed by atoms with Crippen LogP contribution >= 0.6 is 11.6 Å². The van der Waals surface area contributed by atoms with Crippen LogP contribution in [0.25, 0.3) is 5.03 Å². The van der Waals surface area contributed by atoms with Crippen LogP contribution in [0.4, 0.5) is 0 Å². The Morgan fingerprint density at radius 1 is 1.64 bits per heavy atom. The highest BCUT2D eigenvalue weighted by Crippen LogP contribution is 2.33. The third-order valence-corrected chi connectivity index (χ3v) is 2.62. The van der Waals surface area contributed by atoms with Crippen molar-refractivity contribution in [2.45, 2.75) is 6.04 Å². The Balaban J connectivity index is 2.59. The molecule has 0 bridgehead atoms. The molecule has 0 saturated carbocycles. The zero-order valence-corrected chi connectivity index (χ0v) is 8.40. The summed E-state index contributed by atoms with van der Waals surface area (Å²) in [6.45, 7) is 0. The number of aldehydes is 1. The molecule has 2 heterocycles. The minimum atomic E-state index is -0.254. The maximum atomic E-state index is 10.9. The fourth-order valence-electron chi connectivity index (χ4n) is 1.58. The number of carbonyl (C=O) groups is 1. The van der Waals surface area contributed by atoms with Gasteiger partial charge >= 0.3 is 0 Å². The van der Waals surface area contributed by atoms with E-state index in [1.54, 1.807) is 23.5 Å². The lowest BCUT2D eigenvalue weighted by Crippen LogP contribution is -2.24. The molecular formula is C10H9ClN2O. The van der Waals surface area contributed by atoms with Crippen LogP contribution in [-0.4, -0.2) is 23.2 Å². The largest absolute Gasteiger partial charge is 0.366 e. The highest BCUT2D eigenvalue weighted by Gasteiger charge is 2.23. The van der Waals surface area contributed by atoms with E-state index in [1.807, 2.05) is 13.1 Å². The van der Waals surface area contributed by atoms with Crippen molar-refractivity contribution in [2.75, 3.05) is 7.05 Å². The molecule has 0 saturated heterocycles. The normalized spacial score (nSPS) is 20.0. The zero-order chi connectivity index (χ0) is 10.1. The molecule has 72 valence electrons. The number of carbonyl (C=O) groups excluding carboxylic acids is 1. The Bertz CT molecular complexity index is 403. The molecule has 14 heavy (non-hydrogen) atoms. The minimum Gasteiger partial charge on any atom is -0.366 e. The number of halogens is 1. The van der Waals surface area contributed by atoms with Gasteiger partial charge in [-0.2, -0.15) is 0 Å². The first-order valence-corrected chi connectivity index (χ1v) is 4.60. The smallest absolute Gasteiger partial charge is 0.146 e. The fraction of sp³-hybridized carbons (Fsp3) is 0.200.